The van der Waals surface area contributed by atoms with Crippen LogP contribution in [0.3, 0.4) is 0 Å². The van der Waals surface area contributed by atoms with E-state index in [-0.39, 0.29) is 11.7 Å². The molecule has 4 rings (SSSR count). The van der Waals surface area contributed by atoms with E-state index in [0.717, 1.165) is 27.8 Å². The Balaban J connectivity index is 1.56. The summed E-state index contributed by atoms with van der Waals surface area (Å²) in [4.78, 5) is 25.8. The van der Waals surface area contributed by atoms with Gasteiger partial charge in [0, 0.05) is 23.1 Å². The number of aromatic nitrogens is 3. The van der Waals surface area contributed by atoms with Crippen molar-refractivity contribution < 1.29 is 28.5 Å². The van der Waals surface area contributed by atoms with Crippen molar-refractivity contribution in [3.63, 3.8) is 0 Å². The highest BCUT2D eigenvalue weighted by molar-refractivity contribution is 7.99. The molecule has 12 heteroatoms. The number of thioether (sulfide) groups is 1. The van der Waals surface area contributed by atoms with Gasteiger partial charge in [0.05, 0.1) is 34.2 Å². The Morgan fingerprint density at radius 2 is 1.68 bits per heavy atom. The van der Waals surface area contributed by atoms with Crippen LogP contribution in [-0.4, -0.2) is 60.8 Å². The minimum absolute atomic E-state index is 0.0602. The average Bonchev–Trinajstić information content (AvgIpc) is 3.59. The fourth-order valence-corrected chi connectivity index (χ4v) is 6.14. The predicted molar refractivity (Wildman–Crippen MR) is 161 cm³/mol. The summed E-state index contributed by atoms with van der Waals surface area (Å²) in [6.45, 7) is 6.52. The lowest BCUT2D eigenvalue weighted by atomic mass is 9.97. The summed E-state index contributed by atoms with van der Waals surface area (Å²) in [6.07, 6.45) is 0. The molecule has 1 N–H and O–H groups in total. The van der Waals surface area contributed by atoms with E-state index in [1.165, 1.54) is 30.2 Å². The number of anilines is 1. The van der Waals surface area contributed by atoms with E-state index >= 15 is 0 Å². The van der Waals surface area contributed by atoms with Gasteiger partial charge in [0.25, 0.3) is 0 Å². The van der Waals surface area contributed by atoms with Gasteiger partial charge in [-0.3, -0.25) is 4.79 Å². The Morgan fingerprint density at radius 3 is 2.29 bits per heavy atom. The highest BCUT2D eigenvalue weighted by atomic mass is 32.2. The van der Waals surface area contributed by atoms with E-state index in [9.17, 15) is 9.59 Å². The maximum Gasteiger partial charge on any atom is 0.341 e. The quantitative estimate of drug-likeness (QED) is 0.168. The van der Waals surface area contributed by atoms with E-state index in [0.29, 0.717) is 45.3 Å². The minimum atomic E-state index is -0.508. The first-order valence-electron chi connectivity index (χ1n) is 12.7. The van der Waals surface area contributed by atoms with Crippen molar-refractivity contribution >= 4 is 40.0 Å². The molecule has 0 radical (unpaired) electrons. The van der Waals surface area contributed by atoms with Crippen LogP contribution in [0.1, 0.15) is 28.4 Å². The second-order valence-electron chi connectivity index (χ2n) is 8.96. The number of hydrogen-bond donors (Lipinski definition) is 1. The molecular formula is C29H32N4O6S2. The van der Waals surface area contributed by atoms with Gasteiger partial charge < -0.3 is 28.8 Å². The number of ether oxygens (including phenoxy) is 4. The number of hydrogen-bond acceptors (Lipinski definition) is 10. The number of thiophene rings is 1. The number of benzene rings is 2. The summed E-state index contributed by atoms with van der Waals surface area (Å²) < 4.78 is 23.4. The summed E-state index contributed by atoms with van der Waals surface area (Å²) >= 11 is 2.54. The van der Waals surface area contributed by atoms with Gasteiger partial charge in [-0.25, -0.2) is 4.79 Å². The molecule has 2 heterocycles. The lowest BCUT2D eigenvalue weighted by Crippen LogP contribution is -2.16. The number of nitrogens with one attached hydrogen (secondary N) is 1. The first-order chi connectivity index (χ1) is 19.8. The molecule has 2 aromatic carbocycles. The maximum atomic E-state index is 13.0. The number of methoxy groups -OCH3 is 4. The summed E-state index contributed by atoms with van der Waals surface area (Å²) in [5.41, 5.74) is 4.81. The molecule has 0 bridgehead atoms. The lowest BCUT2D eigenvalue weighted by Gasteiger charge is -2.14. The molecule has 0 aliphatic rings. The van der Waals surface area contributed by atoms with Gasteiger partial charge in [-0.2, -0.15) is 0 Å². The number of amides is 1. The van der Waals surface area contributed by atoms with Gasteiger partial charge in [-0.1, -0.05) is 35.5 Å². The van der Waals surface area contributed by atoms with Crippen LogP contribution < -0.4 is 19.5 Å². The largest absolute Gasteiger partial charge is 0.493 e. The summed E-state index contributed by atoms with van der Waals surface area (Å²) in [7, 11) is 5.98. The Hall–Kier alpha value is -4.03. The van der Waals surface area contributed by atoms with Crippen LogP contribution in [0, 0.1) is 13.8 Å². The van der Waals surface area contributed by atoms with E-state index in [1.54, 1.807) is 33.5 Å². The molecule has 0 spiro atoms. The molecule has 0 atom stereocenters. The fourth-order valence-electron chi connectivity index (χ4n) is 4.38. The molecule has 0 aliphatic heterocycles. The third-order valence-corrected chi connectivity index (χ3v) is 8.27. The second-order valence-corrected chi connectivity index (χ2v) is 10.8. The molecule has 0 unspecified atom stereocenters. The highest BCUT2D eigenvalue weighted by Gasteiger charge is 2.24. The maximum absolute atomic E-state index is 13.0. The van der Waals surface area contributed by atoms with Crippen LogP contribution in [0.15, 0.2) is 40.9 Å². The summed E-state index contributed by atoms with van der Waals surface area (Å²) in [6, 6.07) is 9.66. The van der Waals surface area contributed by atoms with Crippen molar-refractivity contribution in [3.05, 3.63) is 52.4 Å². The van der Waals surface area contributed by atoms with Crippen LogP contribution in [0.2, 0.25) is 0 Å². The number of carbonyl (C=O) groups is 2. The SMILES string of the molecule is CCn1c(SCC(=O)Nc2scc(-c3cc(C)ccc3C)c2C(=O)OC)nnc1-c1cc(OC)c(OC)c(OC)c1. The van der Waals surface area contributed by atoms with Gasteiger partial charge in [-0.05, 0) is 44.0 Å². The number of aryl methyl sites for hydroxylation is 2. The molecule has 0 saturated heterocycles. The monoisotopic (exact) mass is 596 g/mol. The van der Waals surface area contributed by atoms with Crippen LogP contribution in [0.25, 0.3) is 22.5 Å². The van der Waals surface area contributed by atoms with Crippen molar-refractivity contribution in [1.29, 1.82) is 0 Å². The highest BCUT2D eigenvalue weighted by Crippen LogP contribution is 2.41. The molecule has 0 saturated carbocycles. The number of esters is 1. The van der Waals surface area contributed by atoms with Crippen molar-refractivity contribution in [1.82, 2.24) is 14.8 Å². The smallest absolute Gasteiger partial charge is 0.341 e. The summed E-state index contributed by atoms with van der Waals surface area (Å²) in [5.74, 6) is 1.34. The predicted octanol–water partition coefficient (Wildman–Crippen LogP) is 5.85. The van der Waals surface area contributed by atoms with Crippen LogP contribution in [0.4, 0.5) is 5.00 Å². The lowest BCUT2D eigenvalue weighted by molar-refractivity contribution is -0.113. The zero-order valence-corrected chi connectivity index (χ0v) is 25.6. The molecule has 0 aliphatic carbocycles. The first kappa shape index (κ1) is 29.9. The van der Waals surface area contributed by atoms with Crippen LogP contribution in [-0.2, 0) is 16.1 Å². The Kier molecular flexibility index (Phi) is 9.56. The minimum Gasteiger partial charge on any atom is -0.493 e. The molecule has 2 aromatic heterocycles. The molecule has 41 heavy (non-hydrogen) atoms. The third-order valence-electron chi connectivity index (χ3n) is 6.41. The molecule has 1 amide bonds. The van der Waals surface area contributed by atoms with Crippen molar-refractivity contribution in [2.24, 2.45) is 0 Å². The second kappa shape index (κ2) is 13.1. The normalized spacial score (nSPS) is 10.8. The van der Waals surface area contributed by atoms with E-state index in [4.69, 9.17) is 18.9 Å². The van der Waals surface area contributed by atoms with E-state index in [1.807, 2.05) is 48.9 Å². The Bertz CT molecular complexity index is 1550. The topological polar surface area (TPSA) is 114 Å². The van der Waals surface area contributed by atoms with Gasteiger partial charge >= 0.3 is 5.97 Å². The fraction of sp³-hybridized carbons (Fsp3) is 0.310. The number of rotatable bonds is 11. The summed E-state index contributed by atoms with van der Waals surface area (Å²) in [5, 5.41) is 14.5. The Morgan fingerprint density at radius 1 is 0.976 bits per heavy atom. The molecular weight excluding hydrogens is 564 g/mol. The zero-order valence-electron chi connectivity index (χ0n) is 24.0. The third kappa shape index (κ3) is 6.18. The zero-order chi connectivity index (χ0) is 29.7. The number of nitrogens with zero attached hydrogens (tertiary/aromatic N) is 3. The molecule has 4 aromatic rings. The van der Waals surface area contributed by atoms with Crippen molar-refractivity contribution in [3.8, 4) is 39.8 Å². The van der Waals surface area contributed by atoms with Crippen LogP contribution in [0.5, 0.6) is 17.2 Å². The van der Waals surface area contributed by atoms with E-state index in [2.05, 4.69) is 15.5 Å². The number of carbonyl (C=O) groups excluding carboxylic acids is 2. The Labute approximate surface area is 247 Å². The van der Waals surface area contributed by atoms with Crippen LogP contribution >= 0.6 is 23.1 Å². The van der Waals surface area contributed by atoms with Gasteiger partial charge in [0.15, 0.2) is 22.5 Å². The molecule has 10 nitrogen and oxygen atoms in total. The van der Waals surface area contributed by atoms with Gasteiger partial charge in [-0.15, -0.1) is 21.5 Å². The first-order valence-corrected chi connectivity index (χ1v) is 14.6. The van der Waals surface area contributed by atoms with Crippen molar-refractivity contribution in [2.75, 3.05) is 39.5 Å². The molecule has 0 fully saturated rings. The molecule has 216 valence electrons. The van der Waals surface area contributed by atoms with E-state index < -0.39 is 5.97 Å². The van der Waals surface area contributed by atoms with Gasteiger partial charge in [0.1, 0.15) is 10.6 Å². The van der Waals surface area contributed by atoms with Gasteiger partial charge in [0.2, 0.25) is 11.7 Å². The van der Waals surface area contributed by atoms with Crippen molar-refractivity contribution in [2.45, 2.75) is 32.5 Å². The standard InChI is InChI=1S/C29H32N4O6S2/c1-8-33-26(18-12-21(36-4)25(38-6)22(13-18)37-5)31-32-29(33)41-15-23(34)30-27-24(28(35)39-7)20(14-40-27)19-11-16(2)9-10-17(19)3/h9-14H,8,15H2,1-7H3,(H,30,34). The average molecular weight is 597 g/mol.